The molecule has 2 rings (SSSR count). The van der Waals surface area contributed by atoms with E-state index in [-0.39, 0.29) is 29.1 Å². The minimum absolute atomic E-state index is 0.0458. The highest BCUT2D eigenvalue weighted by atomic mass is 16.6. The van der Waals surface area contributed by atoms with Crippen LogP contribution in [0.5, 0.6) is 17.5 Å². The maximum Gasteiger partial charge on any atom is 0.311 e. The molecule has 0 bridgehead atoms. The molecule has 0 aliphatic carbocycles. The van der Waals surface area contributed by atoms with Crippen molar-refractivity contribution in [2.75, 3.05) is 12.8 Å². The number of nitrogens with two attached hydrogens (primary N) is 1. The molecule has 104 valence electrons. The zero-order valence-corrected chi connectivity index (χ0v) is 10.9. The molecule has 0 radical (unpaired) electrons. The number of nitrogens with zero attached hydrogens (tertiary/aromatic N) is 3. The number of nitro benzene ring substituents is 1. The van der Waals surface area contributed by atoms with Gasteiger partial charge in [0.25, 0.3) is 0 Å². The monoisotopic (exact) mass is 276 g/mol. The molecule has 0 aliphatic rings. The van der Waals surface area contributed by atoms with E-state index >= 15 is 0 Å². The maximum atomic E-state index is 11.0. The van der Waals surface area contributed by atoms with Crippen LogP contribution in [-0.2, 0) is 0 Å². The van der Waals surface area contributed by atoms with Gasteiger partial charge in [0, 0.05) is 6.07 Å². The summed E-state index contributed by atoms with van der Waals surface area (Å²) in [6, 6.07) is 6.02. The Morgan fingerprint density at radius 3 is 2.65 bits per heavy atom. The van der Waals surface area contributed by atoms with Gasteiger partial charge in [0.05, 0.1) is 18.1 Å². The number of methoxy groups -OCH3 is 1. The number of benzene rings is 1. The summed E-state index contributed by atoms with van der Waals surface area (Å²) in [4.78, 5) is 18.1. The van der Waals surface area contributed by atoms with Crippen LogP contribution >= 0.6 is 0 Å². The first kappa shape index (κ1) is 13.5. The Balaban J connectivity index is 2.44. The second-order valence-corrected chi connectivity index (χ2v) is 3.89. The SMILES string of the molecule is COc1cc(Oc2c(C)cccc2[N+](=O)[O-])nc(N)n1. The molecule has 8 heteroatoms. The Hall–Kier alpha value is -2.90. The first-order chi connectivity index (χ1) is 9.51. The normalized spacial score (nSPS) is 10.1. The minimum Gasteiger partial charge on any atom is -0.481 e. The molecule has 1 aromatic carbocycles. The third-order valence-corrected chi connectivity index (χ3v) is 2.50. The molecule has 1 aromatic heterocycles. The van der Waals surface area contributed by atoms with Gasteiger partial charge in [-0.15, -0.1) is 0 Å². The summed E-state index contributed by atoms with van der Waals surface area (Å²) < 4.78 is 10.4. The van der Waals surface area contributed by atoms with Gasteiger partial charge in [0.2, 0.25) is 23.5 Å². The van der Waals surface area contributed by atoms with E-state index in [1.807, 2.05) is 0 Å². The largest absolute Gasteiger partial charge is 0.481 e. The number of aromatic nitrogens is 2. The lowest BCUT2D eigenvalue weighted by Crippen LogP contribution is -2.01. The molecule has 0 saturated carbocycles. The average molecular weight is 276 g/mol. The average Bonchev–Trinajstić information content (AvgIpc) is 2.40. The standard InChI is InChI=1S/C12H12N4O4/c1-7-4-3-5-8(16(17)18)11(7)20-10-6-9(19-2)14-12(13)15-10/h3-6H,1-2H3,(H2,13,14,15). The smallest absolute Gasteiger partial charge is 0.311 e. The van der Waals surface area contributed by atoms with Crippen molar-refractivity contribution >= 4 is 11.6 Å². The van der Waals surface area contributed by atoms with Crippen molar-refractivity contribution in [2.45, 2.75) is 6.92 Å². The second kappa shape index (κ2) is 5.39. The number of ether oxygens (including phenoxy) is 2. The van der Waals surface area contributed by atoms with Crippen LogP contribution in [0.4, 0.5) is 11.6 Å². The first-order valence-electron chi connectivity index (χ1n) is 5.61. The summed E-state index contributed by atoms with van der Waals surface area (Å²) in [6.45, 7) is 1.70. The van der Waals surface area contributed by atoms with Gasteiger partial charge >= 0.3 is 5.69 Å². The van der Waals surface area contributed by atoms with Gasteiger partial charge in [-0.3, -0.25) is 10.1 Å². The number of hydrogen-bond acceptors (Lipinski definition) is 7. The van der Waals surface area contributed by atoms with Crippen LogP contribution in [0.1, 0.15) is 5.56 Å². The highest BCUT2D eigenvalue weighted by Gasteiger charge is 2.19. The van der Waals surface area contributed by atoms with E-state index in [4.69, 9.17) is 15.2 Å². The molecular formula is C12H12N4O4. The van der Waals surface area contributed by atoms with Crippen molar-refractivity contribution in [1.29, 1.82) is 0 Å². The third-order valence-electron chi connectivity index (χ3n) is 2.50. The second-order valence-electron chi connectivity index (χ2n) is 3.89. The van der Waals surface area contributed by atoms with E-state index in [0.29, 0.717) is 5.56 Å². The van der Waals surface area contributed by atoms with Crippen molar-refractivity contribution in [3.63, 3.8) is 0 Å². The molecule has 0 atom stereocenters. The molecule has 0 amide bonds. The van der Waals surface area contributed by atoms with Crippen LogP contribution in [0.2, 0.25) is 0 Å². The topological polar surface area (TPSA) is 113 Å². The molecular weight excluding hydrogens is 264 g/mol. The predicted octanol–water partition coefficient (Wildman–Crippen LogP) is 2.08. The number of rotatable bonds is 4. The van der Waals surface area contributed by atoms with Gasteiger partial charge in [-0.05, 0) is 12.5 Å². The van der Waals surface area contributed by atoms with Crippen molar-refractivity contribution in [1.82, 2.24) is 9.97 Å². The predicted molar refractivity (Wildman–Crippen MR) is 70.9 cm³/mol. The quantitative estimate of drug-likeness (QED) is 0.671. The van der Waals surface area contributed by atoms with Crippen LogP contribution in [0, 0.1) is 17.0 Å². The Labute approximate surface area is 114 Å². The summed E-state index contributed by atoms with van der Waals surface area (Å²) in [5.74, 6) is 0.351. The zero-order valence-electron chi connectivity index (χ0n) is 10.9. The van der Waals surface area contributed by atoms with Crippen LogP contribution in [0.25, 0.3) is 0 Å². The Kier molecular flexibility index (Phi) is 3.65. The number of nitro groups is 1. The zero-order chi connectivity index (χ0) is 14.7. The molecule has 0 fully saturated rings. The van der Waals surface area contributed by atoms with Crippen molar-refractivity contribution in [3.05, 3.63) is 39.9 Å². The number of nitrogen functional groups attached to an aromatic ring is 1. The van der Waals surface area contributed by atoms with Gasteiger partial charge in [-0.2, -0.15) is 9.97 Å². The van der Waals surface area contributed by atoms with E-state index in [2.05, 4.69) is 9.97 Å². The molecule has 2 N–H and O–H groups in total. The first-order valence-corrected chi connectivity index (χ1v) is 5.61. The van der Waals surface area contributed by atoms with Crippen LogP contribution < -0.4 is 15.2 Å². The number of para-hydroxylation sites is 1. The van der Waals surface area contributed by atoms with Crippen molar-refractivity contribution in [3.8, 4) is 17.5 Å². The van der Waals surface area contributed by atoms with Crippen LogP contribution in [-0.4, -0.2) is 22.0 Å². The summed E-state index contributed by atoms with van der Waals surface area (Å²) >= 11 is 0. The molecule has 1 heterocycles. The minimum atomic E-state index is -0.524. The highest BCUT2D eigenvalue weighted by molar-refractivity contribution is 5.52. The van der Waals surface area contributed by atoms with Gasteiger partial charge in [0.1, 0.15) is 0 Å². The lowest BCUT2D eigenvalue weighted by Gasteiger charge is -2.09. The van der Waals surface area contributed by atoms with Crippen molar-refractivity contribution in [2.24, 2.45) is 0 Å². The Morgan fingerprint density at radius 2 is 2.00 bits per heavy atom. The van der Waals surface area contributed by atoms with Gasteiger partial charge in [-0.25, -0.2) is 0 Å². The number of hydrogen-bond donors (Lipinski definition) is 1. The molecule has 2 aromatic rings. The fraction of sp³-hybridized carbons (Fsp3) is 0.167. The lowest BCUT2D eigenvalue weighted by molar-refractivity contribution is -0.385. The summed E-state index contributed by atoms with van der Waals surface area (Å²) in [7, 11) is 1.42. The Morgan fingerprint density at radius 1 is 1.30 bits per heavy atom. The van der Waals surface area contributed by atoms with E-state index in [9.17, 15) is 10.1 Å². The number of aryl methyl sites for hydroxylation is 1. The van der Waals surface area contributed by atoms with E-state index in [1.54, 1.807) is 19.1 Å². The molecule has 0 saturated heterocycles. The third kappa shape index (κ3) is 2.74. The fourth-order valence-electron chi connectivity index (χ4n) is 1.60. The summed E-state index contributed by atoms with van der Waals surface area (Å²) in [5.41, 5.74) is 5.96. The Bertz CT molecular complexity index is 660. The number of anilines is 1. The molecule has 8 nitrogen and oxygen atoms in total. The molecule has 0 unspecified atom stereocenters. The lowest BCUT2D eigenvalue weighted by atomic mass is 10.2. The molecule has 0 spiro atoms. The summed E-state index contributed by atoms with van der Waals surface area (Å²) in [6.07, 6.45) is 0. The van der Waals surface area contributed by atoms with E-state index in [0.717, 1.165) is 0 Å². The van der Waals surface area contributed by atoms with Crippen LogP contribution in [0.15, 0.2) is 24.3 Å². The van der Waals surface area contributed by atoms with Crippen molar-refractivity contribution < 1.29 is 14.4 Å². The molecule has 0 aliphatic heterocycles. The fourth-order valence-corrected chi connectivity index (χ4v) is 1.60. The maximum absolute atomic E-state index is 11.0. The highest BCUT2D eigenvalue weighted by Crippen LogP contribution is 2.34. The molecule has 20 heavy (non-hydrogen) atoms. The van der Waals surface area contributed by atoms with Gasteiger partial charge in [0.15, 0.2) is 0 Å². The van der Waals surface area contributed by atoms with E-state index in [1.165, 1.54) is 19.2 Å². The van der Waals surface area contributed by atoms with E-state index < -0.39 is 4.92 Å². The van der Waals surface area contributed by atoms with Gasteiger partial charge in [-0.1, -0.05) is 12.1 Å². The summed E-state index contributed by atoms with van der Waals surface area (Å²) in [5, 5.41) is 11.0. The van der Waals surface area contributed by atoms with Crippen LogP contribution in [0.3, 0.4) is 0 Å². The van der Waals surface area contributed by atoms with Gasteiger partial charge < -0.3 is 15.2 Å².